The first-order valence-corrected chi connectivity index (χ1v) is 7.72. The Hall–Kier alpha value is -0.620. The molecule has 0 radical (unpaired) electrons. The van der Waals surface area contributed by atoms with Crippen LogP contribution in [-0.2, 0) is 10.0 Å². The number of rotatable bonds is 5. The molecule has 1 unspecified atom stereocenters. The maximum absolute atomic E-state index is 12.4. The van der Waals surface area contributed by atoms with Crippen molar-refractivity contribution >= 4 is 21.6 Å². The predicted molar refractivity (Wildman–Crippen MR) is 72.0 cm³/mol. The zero-order valence-electron chi connectivity index (χ0n) is 10.2. The van der Waals surface area contributed by atoms with Crippen molar-refractivity contribution < 1.29 is 8.42 Å². The number of hydrogen-bond acceptors (Lipinski definition) is 3. The van der Waals surface area contributed by atoms with Gasteiger partial charge in [-0.05, 0) is 37.0 Å². The summed E-state index contributed by atoms with van der Waals surface area (Å²) in [7, 11) is -1.92. The van der Waals surface area contributed by atoms with Crippen LogP contribution in [0.25, 0.3) is 0 Å². The topological polar surface area (TPSA) is 63.4 Å². The summed E-state index contributed by atoms with van der Waals surface area (Å²) in [5, 5.41) is 0.417. The van der Waals surface area contributed by atoms with Gasteiger partial charge in [-0.15, -0.1) is 0 Å². The molecule has 0 heterocycles. The van der Waals surface area contributed by atoms with Gasteiger partial charge in [-0.2, -0.15) is 4.31 Å². The van der Waals surface area contributed by atoms with Crippen molar-refractivity contribution in [2.24, 2.45) is 11.7 Å². The lowest BCUT2D eigenvalue weighted by Gasteiger charge is -2.26. The first kappa shape index (κ1) is 13.8. The maximum Gasteiger partial charge on any atom is 0.243 e. The molecule has 4 nitrogen and oxygen atoms in total. The molecule has 18 heavy (non-hydrogen) atoms. The average Bonchev–Trinajstić information content (AvgIpc) is 3.14. The quantitative estimate of drug-likeness (QED) is 0.897. The first-order valence-electron chi connectivity index (χ1n) is 5.90. The molecule has 1 aromatic rings. The van der Waals surface area contributed by atoms with Crippen LogP contribution in [0.1, 0.15) is 12.8 Å². The van der Waals surface area contributed by atoms with E-state index in [0.29, 0.717) is 17.5 Å². The van der Waals surface area contributed by atoms with Gasteiger partial charge in [-0.3, -0.25) is 0 Å². The molecule has 1 saturated carbocycles. The molecule has 0 aliphatic heterocycles. The molecular weight excluding hydrogens is 272 g/mol. The fourth-order valence-electron chi connectivity index (χ4n) is 2.09. The summed E-state index contributed by atoms with van der Waals surface area (Å²) in [5.74, 6) is 0.397. The normalized spacial score (nSPS) is 18.0. The number of likely N-dealkylation sites (N-methyl/N-ethyl adjacent to an activating group) is 1. The van der Waals surface area contributed by atoms with E-state index in [1.807, 2.05) is 0 Å². The number of halogens is 1. The monoisotopic (exact) mass is 288 g/mol. The SMILES string of the molecule is CN(C(CN)C1CC1)S(=O)(=O)c1cccc(Cl)c1. The number of benzene rings is 1. The maximum atomic E-state index is 12.4. The fourth-order valence-corrected chi connectivity index (χ4v) is 3.82. The summed E-state index contributed by atoms with van der Waals surface area (Å²) in [5.41, 5.74) is 5.69. The molecule has 0 saturated heterocycles. The Morgan fingerprint density at radius 3 is 2.67 bits per heavy atom. The summed E-state index contributed by atoms with van der Waals surface area (Å²) in [6, 6.07) is 6.19. The van der Waals surface area contributed by atoms with Crippen molar-refractivity contribution in [2.75, 3.05) is 13.6 Å². The Bertz CT molecular complexity index is 529. The zero-order chi connectivity index (χ0) is 13.3. The van der Waals surface area contributed by atoms with Crippen LogP contribution in [0.15, 0.2) is 29.2 Å². The number of nitrogens with zero attached hydrogens (tertiary/aromatic N) is 1. The van der Waals surface area contributed by atoms with E-state index in [2.05, 4.69) is 0 Å². The summed E-state index contributed by atoms with van der Waals surface area (Å²) in [6.45, 7) is 0.348. The van der Waals surface area contributed by atoms with E-state index in [1.54, 1.807) is 25.2 Å². The Kier molecular flexibility index (Phi) is 3.96. The van der Waals surface area contributed by atoms with Gasteiger partial charge in [0.1, 0.15) is 0 Å². The first-order chi connectivity index (χ1) is 8.46. The van der Waals surface area contributed by atoms with Crippen LogP contribution in [0.4, 0.5) is 0 Å². The molecule has 1 aliphatic rings. The van der Waals surface area contributed by atoms with Gasteiger partial charge in [0.25, 0.3) is 0 Å². The second kappa shape index (κ2) is 5.17. The third kappa shape index (κ3) is 2.69. The van der Waals surface area contributed by atoms with Gasteiger partial charge in [0.2, 0.25) is 10.0 Å². The smallest absolute Gasteiger partial charge is 0.243 e. The average molecular weight is 289 g/mol. The van der Waals surface area contributed by atoms with Gasteiger partial charge < -0.3 is 5.73 Å². The minimum atomic E-state index is -3.51. The van der Waals surface area contributed by atoms with Gasteiger partial charge >= 0.3 is 0 Å². The Labute approximate surface area is 113 Å². The lowest BCUT2D eigenvalue weighted by atomic mass is 10.2. The molecule has 6 heteroatoms. The van der Waals surface area contributed by atoms with E-state index < -0.39 is 10.0 Å². The Morgan fingerprint density at radius 2 is 2.17 bits per heavy atom. The number of sulfonamides is 1. The van der Waals surface area contributed by atoms with Crippen LogP contribution in [0.2, 0.25) is 5.02 Å². The van der Waals surface area contributed by atoms with Crippen LogP contribution >= 0.6 is 11.6 Å². The summed E-state index contributed by atoms with van der Waals surface area (Å²) in [4.78, 5) is 0.219. The van der Waals surface area contributed by atoms with Gasteiger partial charge in [-0.25, -0.2) is 8.42 Å². The molecule has 1 atom stereocenters. The molecule has 1 aromatic carbocycles. The van der Waals surface area contributed by atoms with Gasteiger partial charge in [0, 0.05) is 24.7 Å². The van der Waals surface area contributed by atoms with E-state index in [4.69, 9.17) is 17.3 Å². The van der Waals surface area contributed by atoms with Crippen LogP contribution in [-0.4, -0.2) is 32.4 Å². The summed E-state index contributed by atoms with van der Waals surface area (Å²) < 4.78 is 26.2. The Morgan fingerprint density at radius 1 is 1.50 bits per heavy atom. The molecule has 0 spiro atoms. The molecule has 1 fully saturated rings. The highest BCUT2D eigenvalue weighted by Gasteiger charge is 2.38. The van der Waals surface area contributed by atoms with Gasteiger partial charge in [-0.1, -0.05) is 17.7 Å². The highest BCUT2D eigenvalue weighted by Crippen LogP contribution is 2.36. The second-order valence-electron chi connectivity index (χ2n) is 4.62. The lowest BCUT2D eigenvalue weighted by Crippen LogP contribution is -2.43. The van der Waals surface area contributed by atoms with Crippen molar-refractivity contribution in [2.45, 2.75) is 23.8 Å². The largest absolute Gasteiger partial charge is 0.329 e. The number of nitrogens with two attached hydrogens (primary N) is 1. The highest BCUT2D eigenvalue weighted by atomic mass is 35.5. The highest BCUT2D eigenvalue weighted by molar-refractivity contribution is 7.89. The predicted octanol–water partition coefficient (Wildman–Crippen LogP) is 1.70. The second-order valence-corrected chi connectivity index (χ2v) is 7.05. The van der Waals surface area contributed by atoms with E-state index in [0.717, 1.165) is 12.8 Å². The molecule has 0 aromatic heterocycles. The Balaban J connectivity index is 2.29. The lowest BCUT2D eigenvalue weighted by molar-refractivity contribution is 0.340. The molecule has 100 valence electrons. The molecule has 2 N–H and O–H groups in total. The van der Waals surface area contributed by atoms with E-state index in [-0.39, 0.29) is 10.9 Å². The molecular formula is C12H17ClN2O2S. The third-order valence-corrected chi connectivity index (χ3v) is 5.46. The molecule has 1 aliphatic carbocycles. The third-order valence-electron chi connectivity index (χ3n) is 3.35. The van der Waals surface area contributed by atoms with Crippen molar-refractivity contribution in [3.8, 4) is 0 Å². The zero-order valence-corrected chi connectivity index (χ0v) is 11.8. The van der Waals surface area contributed by atoms with E-state index in [1.165, 1.54) is 10.4 Å². The van der Waals surface area contributed by atoms with Gasteiger partial charge in [0.15, 0.2) is 0 Å². The van der Waals surface area contributed by atoms with Crippen molar-refractivity contribution in [3.05, 3.63) is 29.3 Å². The molecule has 0 bridgehead atoms. The standard InChI is InChI=1S/C12H17ClN2O2S/c1-15(12(8-14)9-5-6-9)18(16,17)11-4-2-3-10(13)7-11/h2-4,7,9,12H,5-6,8,14H2,1H3. The summed E-state index contributed by atoms with van der Waals surface area (Å²) >= 11 is 5.84. The van der Waals surface area contributed by atoms with E-state index in [9.17, 15) is 8.42 Å². The summed E-state index contributed by atoms with van der Waals surface area (Å²) in [6.07, 6.45) is 2.11. The van der Waals surface area contributed by atoms with Crippen LogP contribution in [0, 0.1) is 5.92 Å². The van der Waals surface area contributed by atoms with Crippen LogP contribution < -0.4 is 5.73 Å². The number of hydrogen-bond donors (Lipinski definition) is 1. The molecule has 2 rings (SSSR count). The van der Waals surface area contributed by atoms with E-state index >= 15 is 0 Å². The minimum absolute atomic E-state index is 0.117. The van der Waals surface area contributed by atoms with Crippen LogP contribution in [0.3, 0.4) is 0 Å². The van der Waals surface area contributed by atoms with Crippen molar-refractivity contribution in [3.63, 3.8) is 0 Å². The van der Waals surface area contributed by atoms with Crippen molar-refractivity contribution in [1.29, 1.82) is 0 Å². The minimum Gasteiger partial charge on any atom is -0.329 e. The van der Waals surface area contributed by atoms with Crippen LogP contribution in [0.5, 0.6) is 0 Å². The fraction of sp³-hybridized carbons (Fsp3) is 0.500. The van der Waals surface area contributed by atoms with Gasteiger partial charge in [0.05, 0.1) is 4.90 Å². The van der Waals surface area contributed by atoms with Crippen molar-refractivity contribution in [1.82, 2.24) is 4.31 Å². The molecule has 0 amide bonds.